The third kappa shape index (κ3) is 26.5. The summed E-state index contributed by atoms with van der Waals surface area (Å²) in [6, 6.07) is 9.03. The van der Waals surface area contributed by atoms with Crippen molar-refractivity contribution in [1.82, 2.24) is 61.0 Å². The summed E-state index contributed by atoms with van der Waals surface area (Å²) in [5.41, 5.74) is 6.73. The summed E-state index contributed by atoms with van der Waals surface area (Å²) in [5, 5.41) is 19.8. The van der Waals surface area contributed by atoms with Crippen molar-refractivity contribution >= 4 is 88.2 Å². The van der Waals surface area contributed by atoms with E-state index in [0.717, 1.165) is 15.5 Å². The Labute approximate surface area is 660 Å². The molecule has 6 rings (SSSR count). The van der Waals surface area contributed by atoms with Crippen LogP contribution < -0.4 is 37.6 Å². The molecule has 30 heteroatoms. The van der Waals surface area contributed by atoms with Crippen molar-refractivity contribution in [2.24, 2.45) is 46.7 Å². The van der Waals surface area contributed by atoms with Crippen molar-refractivity contribution in [3.8, 4) is 0 Å². The van der Waals surface area contributed by atoms with Gasteiger partial charge in [-0.15, -0.1) is 11.3 Å². The highest BCUT2D eigenvalue weighted by atomic mass is 32.1. The number of primary amides is 1. The van der Waals surface area contributed by atoms with Crippen molar-refractivity contribution < 1.29 is 71.7 Å². The number of aromatic nitrogens is 1. The number of hydrogen-bond donors (Lipinski definition) is 7. The third-order valence-corrected chi connectivity index (χ3v) is 22.4. The molecule has 3 aliphatic heterocycles. The van der Waals surface area contributed by atoms with Crippen molar-refractivity contribution in [3.63, 3.8) is 0 Å². The van der Waals surface area contributed by atoms with Crippen LogP contribution in [0.2, 0.25) is 0 Å². The molecule has 0 bridgehead atoms. The average Bonchev–Trinajstić information content (AvgIpc) is 1.79. The Bertz CT molecular complexity index is 3570. The van der Waals surface area contributed by atoms with E-state index >= 15 is 4.79 Å². The predicted octanol–water partition coefficient (Wildman–Crippen LogP) is 7.60. The summed E-state index contributed by atoms with van der Waals surface area (Å²) in [4.78, 5) is 181. The number of rotatable bonds is 41. The number of amides is 13. The van der Waals surface area contributed by atoms with Gasteiger partial charge in [-0.2, -0.15) is 0 Å². The molecule has 0 aliphatic carbocycles. The van der Waals surface area contributed by atoms with Crippen molar-refractivity contribution in [2.75, 3.05) is 86.5 Å². The van der Waals surface area contributed by atoms with Gasteiger partial charge < -0.3 is 71.4 Å². The van der Waals surface area contributed by atoms with Crippen molar-refractivity contribution in [3.05, 3.63) is 82.3 Å². The third-order valence-electron chi connectivity index (χ3n) is 21.5. The second kappa shape index (κ2) is 43.4. The molecule has 0 spiro atoms. The number of likely N-dealkylation sites (N-methyl/N-ethyl adjacent to an activating group) is 3. The molecule has 2 unspecified atom stereocenters. The maximum atomic E-state index is 15.1. The SMILES string of the molecule is CC[C@H](C)[C@@H]([C@@H](CC(=O)N1CCC[C@H]1[C@H](OC)[C@@H](C)C(=O)N[C@@H](Cc1ccccc1)c1nccs1)OC)N(C)C(=O)[C@@H](NC(=O)[C@H](C(C)C)N(C)C(=O)OC(C(=O)N1CCN(C)CC1)c1ccc(NC(=O)[C@H](CCCNC(N)=O)NC(=O)[C@@H](NC(=O)CCCCCN2C(=O)CC(CC(C)(C)C)C2=O)C(C)C)cc1)C(C)C. The van der Waals surface area contributed by atoms with Gasteiger partial charge in [0.1, 0.15) is 29.2 Å². The smallest absolute Gasteiger partial charge is 0.411 e. The number of nitrogens with two attached hydrogens (primary N) is 1. The van der Waals surface area contributed by atoms with Crippen LogP contribution in [0, 0.1) is 40.9 Å². The van der Waals surface area contributed by atoms with Crippen LogP contribution in [-0.2, 0) is 68.6 Å². The number of anilines is 1. The number of imide groups is 1. The van der Waals surface area contributed by atoms with Gasteiger partial charge in [0.2, 0.25) is 59.3 Å². The standard InChI is InChI=1S/C81H126N14O15S/c1-18-52(8)68(61(108-16)47-64(98)94-39-26-30-60(94)69(109-17)53(9)71(99)87-59(75-83-37-44-111-75)45-54-27-21-19-22-28-54)91(14)77(104)66(50(4)5)89-74(102)67(51(6)7)92(15)80(107)110-70(78(105)93-42-40-90(13)41-43-93)55-32-34-57(35-33-55)85-72(100)58(29-25-36-84-79(82)106)86-73(101)65(49(2)3)88-62(96)31-23-20-24-38-95-63(97)46-56(76(95)103)48-81(10,11)12/h19,21-22,27-28,32-35,37,44,49-53,56,58-61,65-70H,18,20,23-26,29-31,36,38-43,45-48H2,1-17H3,(H,85,100)(H,86,101)(H,87,99)(H,88,96)(H,89,102)(H3,82,84,106)/t52-,53+,56?,58-,59-,60-,61+,65-,66-,67-,68-,69+,70?/m0/s1. The molecule has 111 heavy (non-hydrogen) atoms. The minimum Gasteiger partial charge on any atom is -0.431 e. The highest BCUT2D eigenvalue weighted by Crippen LogP contribution is 2.35. The number of urea groups is 1. The number of piperazine rings is 1. The highest BCUT2D eigenvalue weighted by molar-refractivity contribution is 7.09. The summed E-state index contributed by atoms with van der Waals surface area (Å²) >= 11 is 1.46. The molecule has 29 nitrogen and oxygen atoms in total. The summed E-state index contributed by atoms with van der Waals surface area (Å²) in [7, 11) is 8.00. The molecule has 8 N–H and O–H groups in total. The van der Waals surface area contributed by atoms with Gasteiger partial charge in [0.25, 0.3) is 5.91 Å². The largest absolute Gasteiger partial charge is 0.431 e. The second-order valence-electron chi connectivity index (χ2n) is 32.4. The molecule has 3 aromatic rings. The quantitative estimate of drug-likeness (QED) is 0.0212. The minimum absolute atomic E-state index is 0.0335. The Morgan fingerprint density at radius 2 is 1.41 bits per heavy atom. The number of thiazole rings is 1. The number of carbonyl (C=O) groups is 12. The molecule has 3 saturated heterocycles. The molecule has 3 aliphatic rings. The van der Waals surface area contributed by atoms with Gasteiger partial charge in [-0.1, -0.05) is 138 Å². The van der Waals surface area contributed by atoms with Crippen LogP contribution >= 0.6 is 11.3 Å². The molecule has 13 atom stereocenters. The highest BCUT2D eigenvalue weighted by Gasteiger charge is 2.46. The van der Waals surface area contributed by atoms with Gasteiger partial charge in [0, 0.05) is 116 Å². The number of unbranched alkanes of at least 4 members (excludes halogenated alkanes) is 2. The van der Waals surface area contributed by atoms with Crippen LogP contribution in [0.4, 0.5) is 15.3 Å². The van der Waals surface area contributed by atoms with E-state index in [1.807, 2.05) is 84.3 Å². The first kappa shape index (κ1) is 91.3. The van der Waals surface area contributed by atoms with Crippen LogP contribution in [-0.4, -0.2) is 235 Å². The van der Waals surface area contributed by atoms with Crippen LogP contribution in [0.25, 0.3) is 0 Å². The molecule has 2 aromatic carbocycles. The summed E-state index contributed by atoms with van der Waals surface area (Å²) in [6.07, 6.45) is 2.62. The molecule has 13 amide bonds. The molecular weight excluding hydrogens is 1440 g/mol. The Balaban J connectivity index is 1.12. The molecule has 1 aromatic heterocycles. The van der Waals surface area contributed by atoms with Crippen molar-refractivity contribution in [1.29, 1.82) is 0 Å². The number of likely N-dealkylation sites (tertiary alicyclic amines) is 2. The molecule has 0 radical (unpaired) electrons. The number of hydrogen-bond acceptors (Lipinski definition) is 18. The van der Waals surface area contributed by atoms with Gasteiger partial charge in [-0.3, -0.25) is 57.7 Å². The number of benzene rings is 2. The van der Waals surface area contributed by atoms with E-state index < -0.39 is 126 Å². The Hall–Kier alpha value is -8.61. The predicted molar refractivity (Wildman–Crippen MR) is 424 cm³/mol. The Kier molecular flexibility index (Phi) is 35.7. The van der Waals surface area contributed by atoms with Gasteiger partial charge in [0.15, 0.2) is 0 Å². The summed E-state index contributed by atoms with van der Waals surface area (Å²) in [6.45, 7) is 24.9. The first-order chi connectivity index (χ1) is 52.5. The normalized spacial score (nSPS) is 18.5. The number of carbonyl (C=O) groups excluding carboxylic acids is 12. The fourth-order valence-corrected chi connectivity index (χ4v) is 15.8. The first-order valence-corrected chi connectivity index (χ1v) is 40.3. The zero-order valence-corrected chi connectivity index (χ0v) is 69.3. The van der Waals surface area contributed by atoms with E-state index in [1.165, 1.54) is 54.7 Å². The van der Waals surface area contributed by atoms with E-state index in [9.17, 15) is 52.7 Å². The van der Waals surface area contributed by atoms with Crippen LogP contribution in [0.1, 0.15) is 188 Å². The van der Waals surface area contributed by atoms with Crippen LogP contribution in [0.15, 0.2) is 66.2 Å². The molecule has 616 valence electrons. The summed E-state index contributed by atoms with van der Waals surface area (Å²) in [5.74, 6) is -6.80. The zero-order valence-electron chi connectivity index (χ0n) is 68.5. The lowest BCUT2D eigenvalue weighted by atomic mass is 9.84. The van der Waals surface area contributed by atoms with E-state index in [1.54, 1.807) is 76.6 Å². The monoisotopic (exact) mass is 1570 g/mol. The van der Waals surface area contributed by atoms with Gasteiger partial charge in [0.05, 0.1) is 42.7 Å². The number of methoxy groups -OCH3 is 2. The molecule has 3 fully saturated rings. The van der Waals surface area contributed by atoms with Crippen LogP contribution in [0.5, 0.6) is 0 Å². The maximum Gasteiger partial charge on any atom is 0.411 e. The molecule has 4 heterocycles. The Morgan fingerprint density at radius 3 is 1.99 bits per heavy atom. The first-order valence-electron chi connectivity index (χ1n) is 39.4. The minimum atomic E-state index is -1.54. The van der Waals surface area contributed by atoms with E-state index in [2.05, 4.69) is 41.8 Å². The van der Waals surface area contributed by atoms with Gasteiger partial charge in [-0.05, 0) is 105 Å². The summed E-state index contributed by atoms with van der Waals surface area (Å²) < 4.78 is 18.5. The maximum absolute atomic E-state index is 15.1. The lowest BCUT2D eigenvalue weighted by Crippen LogP contribution is -2.60. The van der Waals surface area contributed by atoms with E-state index in [4.69, 9.17) is 19.9 Å². The molecular formula is C81H126N14O15S. The Morgan fingerprint density at radius 1 is 0.739 bits per heavy atom. The second-order valence-corrected chi connectivity index (χ2v) is 33.3. The number of nitrogens with zero attached hydrogens (tertiary/aromatic N) is 7. The average molecular weight is 1570 g/mol. The molecule has 0 saturated carbocycles. The van der Waals surface area contributed by atoms with Gasteiger partial charge in [-0.25, -0.2) is 14.6 Å². The number of ether oxygens (including phenoxy) is 3. The van der Waals surface area contributed by atoms with Gasteiger partial charge >= 0.3 is 12.1 Å². The van der Waals surface area contributed by atoms with Crippen LogP contribution in [0.3, 0.4) is 0 Å². The van der Waals surface area contributed by atoms with E-state index in [0.29, 0.717) is 84.1 Å². The van der Waals surface area contributed by atoms with Crippen molar-refractivity contribution in [2.45, 2.75) is 227 Å². The fourth-order valence-electron chi connectivity index (χ4n) is 15.1. The lowest BCUT2D eigenvalue weighted by molar-refractivity contribution is -0.148. The number of nitrogens with one attached hydrogen (secondary N) is 6. The topological polar surface area (TPSA) is 363 Å². The van der Waals surface area contributed by atoms with E-state index in [-0.39, 0.29) is 103 Å². The lowest BCUT2D eigenvalue weighted by Gasteiger charge is -2.41. The zero-order chi connectivity index (χ0) is 82.1. The fraction of sp³-hybridized carbons (Fsp3) is 0.667.